The Kier molecular flexibility index (Phi) is 3.89. The SMILES string of the molecule is Cc1cc(CC(NN)C2CCSC2)n(C)n1. The minimum atomic E-state index is 0.379. The fraction of sp³-hybridized carbons (Fsp3) is 0.727. The minimum Gasteiger partial charge on any atom is -0.272 e. The molecule has 0 spiro atoms. The van der Waals surface area contributed by atoms with Crippen LogP contribution in [0.2, 0.25) is 0 Å². The smallest absolute Gasteiger partial charge is 0.0596 e. The first-order valence-electron chi connectivity index (χ1n) is 5.74. The van der Waals surface area contributed by atoms with Gasteiger partial charge < -0.3 is 0 Å². The molecule has 5 heteroatoms. The van der Waals surface area contributed by atoms with Crippen LogP contribution in [0.5, 0.6) is 0 Å². The molecule has 2 heterocycles. The fourth-order valence-corrected chi connectivity index (χ4v) is 3.65. The monoisotopic (exact) mass is 240 g/mol. The lowest BCUT2D eigenvalue weighted by Gasteiger charge is -2.21. The van der Waals surface area contributed by atoms with Crippen LogP contribution in [0.3, 0.4) is 0 Å². The van der Waals surface area contributed by atoms with Gasteiger partial charge in [0.1, 0.15) is 0 Å². The number of nitrogens with one attached hydrogen (secondary N) is 1. The van der Waals surface area contributed by atoms with E-state index in [2.05, 4.69) is 16.6 Å². The predicted octanol–water partition coefficient (Wildman–Crippen LogP) is 0.856. The molecular formula is C11H20N4S. The van der Waals surface area contributed by atoms with Gasteiger partial charge in [-0.3, -0.25) is 16.0 Å². The maximum atomic E-state index is 5.67. The molecule has 2 atom stereocenters. The topological polar surface area (TPSA) is 55.9 Å². The second-order valence-corrected chi connectivity index (χ2v) is 5.65. The zero-order chi connectivity index (χ0) is 11.5. The van der Waals surface area contributed by atoms with E-state index in [4.69, 9.17) is 5.84 Å². The van der Waals surface area contributed by atoms with Crippen LogP contribution >= 0.6 is 11.8 Å². The van der Waals surface area contributed by atoms with Gasteiger partial charge in [0, 0.05) is 25.2 Å². The van der Waals surface area contributed by atoms with E-state index in [9.17, 15) is 0 Å². The number of hydrogen-bond donors (Lipinski definition) is 2. The quantitative estimate of drug-likeness (QED) is 0.605. The summed E-state index contributed by atoms with van der Waals surface area (Å²) in [6.07, 6.45) is 2.25. The Morgan fingerprint density at radius 3 is 3.06 bits per heavy atom. The number of aryl methyl sites for hydroxylation is 2. The van der Waals surface area contributed by atoms with E-state index in [1.165, 1.54) is 23.6 Å². The molecule has 4 nitrogen and oxygen atoms in total. The van der Waals surface area contributed by atoms with Gasteiger partial charge in [-0.25, -0.2) is 0 Å². The average Bonchev–Trinajstić information content (AvgIpc) is 2.85. The molecule has 0 radical (unpaired) electrons. The van der Waals surface area contributed by atoms with Gasteiger partial charge >= 0.3 is 0 Å². The zero-order valence-corrected chi connectivity index (χ0v) is 10.8. The highest BCUT2D eigenvalue weighted by molar-refractivity contribution is 7.99. The molecule has 1 fully saturated rings. The first kappa shape index (κ1) is 12.0. The highest BCUT2D eigenvalue weighted by atomic mass is 32.2. The summed E-state index contributed by atoms with van der Waals surface area (Å²) in [6, 6.07) is 2.52. The molecule has 1 saturated heterocycles. The van der Waals surface area contributed by atoms with Crippen molar-refractivity contribution in [3.8, 4) is 0 Å². The number of rotatable bonds is 4. The number of hydrogen-bond acceptors (Lipinski definition) is 4. The lowest BCUT2D eigenvalue weighted by atomic mass is 9.95. The summed E-state index contributed by atoms with van der Waals surface area (Å²) in [5.74, 6) is 8.87. The minimum absolute atomic E-state index is 0.379. The zero-order valence-electron chi connectivity index (χ0n) is 9.94. The largest absolute Gasteiger partial charge is 0.272 e. The van der Waals surface area contributed by atoms with Gasteiger partial charge in [0.05, 0.1) is 5.69 Å². The maximum absolute atomic E-state index is 5.67. The Hall–Kier alpha value is -0.520. The Morgan fingerprint density at radius 2 is 2.56 bits per heavy atom. The third-order valence-corrected chi connectivity index (χ3v) is 4.46. The summed E-state index contributed by atoms with van der Waals surface area (Å²) in [5.41, 5.74) is 5.31. The number of aromatic nitrogens is 2. The number of nitrogens with two attached hydrogens (primary N) is 1. The third-order valence-electron chi connectivity index (χ3n) is 3.28. The second kappa shape index (κ2) is 5.21. The van der Waals surface area contributed by atoms with Gasteiger partial charge in [-0.1, -0.05) is 0 Å². The molecule has 16 heavy (non-hydrogen) atoms. The van der Waals surface area contributed by atoms with E-state index in [0.717, 1.165) is 12.1 Å². The molecule has 1 aromatic rings. The van der Waals surface area contributed by atoms with Crippen molar-refractivity contribution in [1.29, 1.82) is 0 Å². The summed E-state index contributed by atoms with van der Waals surface area (Å²) >= 11 is 2.03. The summed E-state index contributed by atoms with van der Waals surface area (Å²) < 4.78 is 1.96. The summed E-state index contributed by atoms with van der Waals surface area (Å²) in [6.45, 7) is 2.03. The molecule has 0 amide bonds. The van der Waals surface area contributed by atoms with Gasteiger partial charge in [-0.2, -0.15) is 16.9 Å². The van der Waals surface area contributed by atoms with E-state index < -0.39 is 0 Å². The fourth-order valence-electron chi connectivity index (χ4n) is 2.31. The molecule has 2 unspecified atom stereocenters. The molecule has 1 aliphatic heterocycles. The van der Waals surface area contributed by atoms with E-state index in [1.54, 1.807) is 0 Å². The average molecular weight is 240 g/mol. The van der Waals surface area contributed by atoms with Crippen molar-refractivity contribution < 1.29 is 0 Å². The van der Waals surface area contributed by atoms with Crippen LogP contribution in [0, 0.1) is 12.8 Å². The number of nitrogens with zero attached hydrogens (tertiary/aromatic N) is 2. The van der Waals surface area contributed by atoms with Crippen molar-refractivity contribution in [1.82, 2.24) is 15.2 Å². The van der Waals surface area contributed by atoms with Crippen LogP contribution in [0.4, 0.5) is 0 Å². The Balaban J connectivity index is 2.03. The summed E-state index contributed by atoms with van der Waals surface area (Å²) in [5, 5.41) is 4.37. The Labute approximate surface area is 101 Å². The van der Waals surface area contributed by atoms with E-state index in [0.29, 0.717) is 12.0 Å². The Morgan fingerprint density at radius 1 is 1.75 bits per heavy atom. The molecular weight excluding hydrogens is 220 g/mol. The maximum Gasteiger partial charge on any atom is 0.0596 e. The first-order chi connectivity index (χ1) is 7.70. The van der Waals surface area contributed by atoms with Gasteiger partial charge in [-0.05, 0) is 36.8 Å². The lowest BCUT2D eigenvalue weighted by molar-refractivity contribution is 0.379. The Bertz CT molecular complexity index is 344. The van der Waals surface area contributed by atoms with Crippen molar-refractivity contribution >= 4 is 11.8 Å². The first-order valence-corrected chi connectivity index (χ1v) is 6.89. The molecule has 0 bridgehead atoms. The van der Waals surface area contributed by atoms with Crippen LogP contribution < -0.4 is 11.3 Å². The molecule has 90 valence electrons. The lowest BCUT2D eigenvalue weighted by Crippen LogP contribution is -2.42. The third kappa shape index (κ3) is 2.59. The van der Waals surface area contributed by atoms with E-state index in [-0.39, 0.29) is 0 Å². The highest BCUT2D eigenvalue weighted by Crippen LogP contribution is 2.27. The van der Waals surface area contributed by atoms with Crippen LogP contribution in [0.1, 0.15) is 17.8 Å². The van der Waals surface area contributed by atoms with Crippen LogP contribution in [0.15, 0.2) is 6.07 Å². The molecule has 1 aromatic heterocycles. The van der Waals surface area contributed by atoms with Crippen LogP contribution in [0.25, 0.3) is 0 Å². The van der Waals surface area contributed by atoms with Crippen molar-refractivity contribution in [3.63, 3.8) is 0 Å². The summed E-state index contributed by atoms with van der Waals surface area (Å²) in [7, 11) is 2.00. The molecule has 0 aromatic carbocycles. The van der Waals surface area contributed by atoms with Gasteiger partial charge in [-0.15, -0.1) is 0 Å². The second-order valence-electron chi connectivity index (χ2n) is 4.50. The van der Waals surface area contributed by atoms with Gasteiger partial charge in [0.2, 0.25) is 0 Å². The van der Waals surface area contributed by atoms with Crippen molar-refractivity contribution in [3.05, 3.63) is 17.5 Å². The molecule has 1 aliphatic rings. The van der Waals surface area contributed by atoms with Crippen LogP contribution in [-0.2, 0) is 13.5 Å². The van der Waals surface area contributed by atoms with Crippen molar-refractivity contribution in [2.75, 3.05) is 11.5 Å². The molecule has 0 saturated carbocycles. The van der Waals surface area contributed by atoms with Crippen LogP contribution in [-0.4, -0.2) is 27.3 Å². The standard InChI is InChI=1S/C11H20N4S/c1-8-5-10(15(2)14-8)6-11(13-12)9-3-4-16-7-9/h5,9,11,13H,3-4,6-7,12H2,1-2H3. The summed E-state index contributed by atoms with van der Waals surface area (Å²) in [4.78, 5) is 0. The predicted molar refractivity (Wildman–Crippen MR) is 68.2 cm³/mol. The molecule has 3 N–H and O–H groups in total. The van der Waals surface area contributed by atoms with Gasteiger partial charge in [0.25, 0.3) is 0 Å². The number of hydrazine groups is 1. The van der Waals surface area contributed by atoms with Crippen molar-refractivity contribution in [2.45, 2.75) is 25.8 Å². The molecule has 2 rings (SSSR count). The van der Waals surface area contributed by atoms with E-state index >= 15 is 0 Å². The number of thioether (sulfide) groups is 1. The van der Waals surface area contributed by atoms with E-state index in [1.807, 2.05) is 30.4 Å². The normalized spacial score (nSPS) is 22.6. The molecule has 0 aliphatic carbocycles. The van der Waals surface area contributed by atoms with Crippen molar-refractivity contribution in [2.24, 2.45) is 18.8 Å². The highest BCUT2D eigenvalue weighted by Gasteiger charge is 2.25. The van der Waals surface area contributed by atoms with Gasteiger partial charge in [0.15, 0.2) is 0 Å².